The molecule has 18 heavy (non-hydrogen) atoms. The zero-order valence-electron chi connectivity index (χ0n) is 10.1. The van der Waals surface area contributed by atoms with Crippen molar-refractivity contribution in [3.63, 3.8) is 0 Å². The van der Waals surface area contributed by atoms with Crippen LogP contribution >= 0.6 is 15.9 Å². The molecule has 4 nitrogen and oxygen atoms in total. The molecule has 0 bridgehead atoms. The SMILES string of the molecule is CC(CO)(NS(=O)(=O)C1CC1)c1cccc(Br)c1. The number of benzene rings is 1. The molecule has 1 saturated carbocycles. The van der Waals surface area contributed by atoms with E-state index in [1.54, 1.807) is 13.0 Å². The Morgan fingerprint density at radius 1 is 1.50 bits per heavy atom. The van der Waals surface area contributed by atoms with E-state index in [0.717, 1.165) is 10.0 Å². The lowest BCUT2D eigenvalue weighted by molar-refractivity contribution is 0.196. The summed E-state index contributed by atoms with van der Waals surface area (Å²) in [6.07, 6.45) is 1.41. The van der Waals surface area contributed by atoms with Gasteiger partial charge in [0.25, 0.3) is 0 Å². The minimum Gasteiger partial charge on any atom is -0.394 e. The maximum atomic E-state index is 12.0. The summed E-state index contributed by atoms with van der Waals surface area (Å²) in [6, 6.07) is 7.29. The fraction of sp³-hybridized carbons (Fsp3) is 0.500. The topological polar surface area (TPSA) is 66.4 Å². The summed E-state index contributed by atoms with van der Waals surface area (Å²) in [7, 11) is -3.34. The molecule has 2 rings (SSSR count). The first kappa shape index (κ1) is 14.0. The number of hydrogen-bond donors (Lipinski definition) is 2. The number of hydrogen-bond acceptors (Lipinski definition) is 3. The van der Waals surface area contributed by atoms with Gasteiger partial charge in [-0.15, -0.1) is 0 Å². The molecule has 0 aliphatic heterocycles. The predicted octanol–water partition coefficient (Wildman–Crippen LogP) is 1.74. The Hall–Kier alpha value is -0.430. The minimum absolute atomic E-state index is 0.282. The second-order valence-corrected chi connectivity index (χ2v) is 7.72. The van der Waals surface area contributed by atoms with Gasteiger partial charge in [-0.05, 0) is 37.5 Å². The zero-order chi connectivity index (χ0) is 13.4. The lowest BCUT2D eigenvalue weighted by atomic mass is 9.94. The summed E-state index contributed by atoms with van der Waals surface area (Å²) in [5.41, 5.74) is -0.242. The third-order valence-corrected chi connectivity index (χ3v) is 5.69. The highest BCUT2D eigenvalue weighted by molar-refractivity contribution is 9.10. The van der Waals surface area contributed by atoms with Crippen LogP contribution in [-0.4, -0.2) is 25.4 Å². The monoisotopic (exact) mass is 333 g/mol. The standard InChI is InChI=1S/C12H16BrNO3S/c1-12(8-15,9-3-2-4-10(13)7-9)14-18(16,17)11-5-6-11/h2-4,7,11,14-15H,5-6,8H2,1H3. The molecule has 1 aromatic carbocycles. The molecule has 0 radical (unpaired) electrons. The minimum atomic E-state index is -3.34. The van der Waals surface area contributed by atoms with Crippen LogP contribution in [0.25, 0.3) is 0 Å². The summed E-state index contributed by atoms with van der Waals surface area (Å²) in [4.78, 5) is 0. The first-order valence-corrected chi connectivity index (χ1v) is 8.11. The van der Waals surface area contributed by atoms with Gasteiger partial charge in [0.15, 0.2) is 0 Å². The van der Waals surface area contributed by atoms with Crippen LogP contribution in [0.2, 0.25) is 0 Å². The van der Waals surface area contributed by atoms with Crippen LogP contribution in [-0.2, 0) is 15.6 Å². The Balaban J connectivity index is 2.30. The molecule has 100 valence electrons. The van der Waals surface area contributed by atoms with E-state index in [1.165, 1.54) is 0 Å². The van der Waals surface area contributed by atoms with Crippen molar-refractivity contribution in [2.45, 2.75) is 30.6 Å². The first-order valence-electron chi connectivity index (χ1n) is 5.77. The predicted molar refractivity (Wildman–Crippen MR) is 73.7 cm³/mol. The molecular formula is C12H16BrNO3S. The van der Waals surface area contributed by atoms with E-state index in [1.807, 2.05) is 18.2 Å². The number of halogens is 1. The van der Waals surface area contributed by atoms with E-state index in [2.05, 4.69) is 20.7 Å². The molecule has 1 aliphatic rings. The van der Waals surface area contributed by atoms with Crippen molar-refractivity contribution in [1.29, 1.82) is 0 Å². The van der Waals surface area contributed by atoms with Gasteiger partial charge >= 0.3 is 0 Å². The van der Waals surface area contributed by atoms with E-state index < -0.39 is 15.6 Å². The second kappa shape index (κ2) is 4.92. The van der Waals surface area contributed by atoms with Gasteiger partial charge in [0.1, 0.15) is 0 Å². The average molecular weight is 334 g/mol. The van der Waals surface area contributed by atoms with Gasteiger partial charge in [-0.1, -0.05) is 28.1 Å². The number of sulfonamides is 1. The van der Waals surface area contributed by atoms with Crippen LogP contribution in [0.1, 0.15) is 25.3 Å². The van der Waals surface area contributed by atoms with E-state index in [4.69, 9.17) is 0 Å². The highest BCUT2D eigenvalue weighted by atomic mass is 79.9. The van der Waals surface area contributed by atoms with Crippen LogP contribution in [0.4, 0.5) is 0 Å². The molecule has 0 saturated heterocycles. The maximum Gasteiger partial charge on any atom is 0.215 e. The fourth-order valence-electron chi connectivity index (χ4n) is 1.79. The Labute approximate surface area is 116 Å². The number of nitrogens with one attached hydrogen (secondary N) is 1. The number of rotatable bonds is 5. The van der Waals surface area contributed by atoms with Gasteiger partial charge < -0.3 is 5.11 Å². The van der Waals surface area contributed by atoms with E-state index in [0.29, 0.717) is 12.8 Å². The van der Waals surface area contributed by atoms with Crippen molar-refractivity contribution >= 4 is 26.0 Å². The van der Waals surface area contributed by atoms with Gasteiger partial charge in [-0.25, -0.2) is 13.1 Å². The van der Waals surface area contributed by atoms with Crippen molar-refractivity contribution in [3.8, 4) is 0 Å². The molecule has 1 fully saturated rings. The molecule has 0 amide bonds. The van der Waals surface area contributed by atoms with Crippen LogP contribution in [0.3, 0.4) is 0 Å². The van der Waals surface area contributed by atoms with Crippen LogP contribution in [0.15, 0.2) is 28.7 Å². The Morgan fingerprint density at radius 2 is 2.17 bits per heavy atom. The summed E-state index contributed by atoms with van der Waals surface area (Å²) in [5, 5.41) is 9.26. The van der Waals surface area contributed by atoms with Crippen molar-refractivity contribution in [3.05, 3.63) is 34.3 Å². The highest BCUT2D eigenvalue weighted by Gasteiger charge is 2.40. The quantitative estimate of drug-likeness (QED) is 0.862. The summed E-state index contributed by atoms with van der Waals surface area (Å²) in [6.45, 7) is 1.41. The molecule has 0 heterocycles. The molecular weight excluding hydrogens is 318 g/mol. The van der Waals surface area contributed by atoms with Gasteiger partial charge in [-0.3, -0.25) is 0 Å². The molecule has 2 N–H and O–H groups in total. The fourth-order valence-corrected chi connectivity index (χ4v) is 3.92. The Morgan fingerprint density at radius 3 is 2.67 bits per heavy atom. The molecule has 6 heteroatoms. The van der Waals surface area contributed by atoms with Crippen molar-refractivity contribution < 1.29 is 13.5 Å². The van der Waals surface area contributed by atoms with Gasteiger partial charge in [0.2, 0.25) is 10.0 Å². The van der Waals surface area contributed by atoms with E-state index in [-0.39, 0.29) is 11.9 Å². The van der Waals surface area contributed by atoms with Crippen molar-refractivity contribution in [2.75, 3.05) is 6.61 Å². The molecule has 1 unspecified atom stereocenters. The normalized spacial score (nSPS) is 19.5. The third-order valence-electron chi connectivity index (χ3n) is 3.11. The Bertz CT molecular complexity index is 542. The largest absolute Gasteiger partial charge is 0.394 e. The molecule has 1 aromatic rings. The highest BCUT2D eigenvalue weighted by Crippen LogP contribution is 2.31. The van der Waals surface area contributed by atoms with E-state index >= 15 is 0 Å². The van der Waals surface area contributed by atoms with Crippen LogP contribution in [0, 0.1) is 0 Å². The lowest BCUT2D eigenvalue weighted by Crippen LogP contribution is -2.47. The van der Waals surface area contributed by atoms with E-state index in [9.17, 15) is 13.5 Å². The van der Waals surface area contributed by atoms with Crippen molar-refractivity contribution in [2.24, 2.45) is 0 Å². The summed E-state index contributed by atoms with van der Waals surface area (Å²) >= 11 is 3.35. The molecule has 0 spiro atoms. The van der Waals surface area contributed by atoms with Crippen LogP contribution < -0.4 is 4.72 Å². The lowest BCUT2D eigenvalue weighted by Gasteiger charge is -2.29. The van der Waals surface area contributed by atoms with Gasteiger partial charge in [-0.2, -0.15) is 0 Å². The molecule has 1 aliphatic carbocycles. The van der Waals surface area contributed by atoms with Gasteiger partial charge in [0, 0.05) is 4.47 Å². The number of aliphatic hydroxyl groups excluding tert-OH is 1. The van der Waals surface area contributed by atoms with Gasteiger partial charge in [0.05, 0.1) is 17.4 Å². The summed E-state index contributed by atoms with van der Waals surface area (Å²) < 4.78 is 27.5. The van der Waals surface area contributed by atoms with Crippen molar-refractivity contribution in [1.82, 2.24) is 4.72 Å². The first-order chi connectivity index (χ1) is 8.37. The zero-order valence-corrected chi connectivity index (χ0v) is 12.5. The van der Waals surface area contributed by atoms with Crippen LogP contribution in [0.5, 0.6) is 0 Å². The smallest absolute Gasteiger partial charge is 0.215 e. The third kappa shape index (κ3) is 2.93. The second-order valence-electron chi connectivity index (χ2n) is 4.85. The molecule has 1 atom stereocenters. The molecule has 0 aromatic heterocycles. The summed E-state index contributed by atoms with van der Waals surface area (Å²) in [5.74, 6) is 0. The Kier molecular flexibility index (Phi) is 3.82. The number of aliphatic hydroxyl groups is 1. The average Bonchev–Trinajstić information content (AvgIpc) is 3.12. The maximum absolute atomic E-state index is 12.0.